The van der Waals surface area contributed by atoms with Crippen molar-refractivity contribution in [2.75, 3.05) is 6.54 Å². The second-order valence-electron chi connectivity index (χ2n) is 11.2. The highest BCUT2D eigenvalue weighted by atomic mass is 79.9. The van der Waals surface area contributed by atoms with E-state index in [1.807, 2.05) is 30.5 Å². The summed E-state index contributed by atoms with van der Waals surface area (Å²) in [6.07, 6.45) is 9.45. The van der Waals surface area contributed by atoms with Gasteiger partial charge in [0.15, 0.2) is 0 Å². The van der Waals surface area contributed by atoms with Gasteiger partial charge in [0.2, 0.25) is 5.91 Å². The number of hydroxylamine groups is 2. The lowest BCUT2D eigenvalue weighted by atomic mass is 9.49. The van der Waals surface area contributed by atoms with Gasteiger partial charge in [0.05, 0.1) is 12.1 Å². The van der Waals surface area contributed by atoms with Gasteiger partial charge in [-0.25, -0.2) is 5.06 Å². The number of rotatable bonds is 6. The van der Waals surface area contributed by atoms with Crippen LogP contribution in [0.5, 0.6) is 0 Å². The van der Waals surface area contributed by atoms with Crippen molar-refractivity contribution in [2.24, 2.45) is 28.9 Å². The molecule has 0 saturated heterocycles. The molecule has 4 bridgehead atoms. The highest BCUT2D eigenvalue weighted by Gasteiger charge is 2.51. The third-order valence-corrected chi connectivity index (χ3v) is 9.21. The summed E-state index contributed by atoms with van der Waals surface area (Å²) in [7, 11) is 0. The summed E-state index contributed by atoms with van der Waals surface area (Å²) in [5.74, 6) is 1.56. The Hall–Kier alpha value is -2.64. The summed E-state index contributed by atoms with van der Waals surface area (Å²) in [6.45, 7) is 1.05. The number of halogens is 1. The highest BCUT2D eigenvalue weighted by molar-refractivity contribution is 9.10. The number of nitrogens with two attached hydrogens (primary N) is 1. The largest absolute Gasteiger partial charge is 0.366 e. The van der Waals surface area contributed by atoms with Crippen molar-refractivity contribution >= 4 is 38.6 Å². The van der Waals surface area contributed by atoms with E-state index in [-0.39, 0.29) is 11.3 Å². The molecule has 1 aromatic heterocycles. The summed E-state index contributed by atoms with van der Waals surface area (Å²) in [5.41, 5.74) is 8.48. The molecular formula is C28H30BrN3O3. The monoisotopic (exact) mass is 535 g/mol. The lowest BCUT2D eigenvalue weighted by Gasteiger charge is -2.57. The molecule has 0 radical (unpaired) electrons. The molecular weight excluding hydrogens is 506 g/mol. The van der Waals surface area contributed by atoms with Crippen LogP contribution in [0.4, 0.5) is 0 Å². The number of aromatic nitrogens is 1. The minimum Gasteiger partial charge on any atom is -0.366 e. The SMILES string of the molecule is NC(=O)c1ccc2c(ccn2Cc2ccc(C(=O)N(O)CC34CC5CC(CC(C5)C3)C4)c(Br)c2)c1. The van der Waals surface area contributed by atoms with Crippen LogP contribution in [0.3, 0.4) is 0 Å². The maximum Gasteiger partial charge on any atom is 0.278 e. The maximum atomic E-state index is 13.2. The number of primary amides is 1. The standard InChI is InChI=1S/C28H30BrN3O3/c29-24-10-17(15-31-6-5-21-11-22(26(30)33)2-4-25(21)31)1-3-23(24)27(34)32(35)16-28-12-18-7-19(13-28)9-20(8-18)14-28/h1-6,10-11,18-20,35H,7-9,12-16H2,(H2,30,33). The van der Waals surface area contributed by atoms with Gasteiger partial charge >= 0.3 is 0 Å². The quantitative estimate of drug-likeness (QED) is 0.318. The number of fused-ring (bicyclic) bond motifs is 1. The average Bonchev–Trinajstić information content (AvgIpc) is 3.19. The Bertz CT molecular complexity index is 1290. The molecule has 4 aliphatic rings. The lowest BCUT2D eigenvalue weighted by molar-refractivity contribution is -0.129. The first-order valence-electron chi connectivity index (χ1n) is 12.5. The van der Waals surface area contributed by atoms with Crippen LogP contribution in [0.15, 0.2) is 53.1 Å². The van der Waals surface area contributed by atoms with Crippen LogP contribution < -0.4 is 5.73 Å². The minimum absolute atomic E-state index is 0.0927. The topological polar surface area (TPSA) is 88.6 Å². The molecule has 0 aliphatic heterocycles. The zero-order valence-electron chi connectivity index (χ0n) is 19.6. The van der Waals surface area contributed by atoms with E-state index in [9.17, 15) is 14.8 Å². The second kappa shape index (κ2) is 8.49. The number of benzene rings is 2. The smallest absolute Gasteiger partial charge is 0.278 e. The van der Waals surface area contributed by atoms with Crippen molar-refractivity contribution in [1.82, 2.24) is 9.63 Å². The van der Waals surface area contributed by atoms with E-state index in [2.05, 4.69) is 20.5 Å². The Morgan fingerprint density at radius 1 is 1.03 bits per heavy atom. The minimum atomic E-state index is -0.440. The Morgan fingerprint density at radius 2 is 1.71 bits per heavy atom. The molecule has 6 nitrogen and oxygen atoms in total. The van der Waals surface area contributed by atoms with Crippen LogP contribution in [0.2, 0.25) is 0 Å². The molecule has 4 saturated carbocycles. The molecule has 35 heavy (non-hydrogen) atoms. The van der Waals surface area contributed by atoms with Crippen molar-refractivity contribution in [3.8, 4) is 0 Å². The molecule has 2 aromatic carbocycles. The first kappa shape index (κ1) is 22.8. The van der Waals surface area contributed by atoms with Gasteiger partial charge in [0.1, 0.15) is 0 Å². The van der Waals surface area contributed by atoms with E-state index in [1.165, 1.54) is 19.3 Å². The van der Waals surface area contributed by atoms with Crippen LogP contribution >= 0.6 is 15.9 Å². The van der Waals surface area contributed by atoms with Crippen molar-refractivity contribution in [3.63, 3.8) is 0 Å². The molecule has 0 atom stereocenters. The predicted molar refractivity (Wildman–Crippen MR) is 137 cm³/mol. The predicted octanol–water partition coefficient (Wildman–Crippen LogP) is 5.60. The zero-order chi connectivity index (χ0) is 24.3. The molecule has 3 N–H and O–H groups in total. The molecule has 4 aliphatic carbocycles. The summed E-state index contributed by atoms with van der Waals surface area (Å²) in [5, 5.41) is 12.8. The van der Waals surface area contributed by atoms with E-state index in [4.69, 9.17) is 5.73 Å². The number of amides is 2. The average molecular weight is 536 g/mol. The van der Waals surface area contributed by atoms with Crippen molar-refractivity contribution in [1.29, 1.82) is 0 Å². The maximum absolute atomic E-state index is 13.2. The number of hydrogen-bond acceptors (Lipinski definition) is 3. The summed E-state index contributed by atoms with van der Waals surface area (Å²) < 4.78 is 2.77. The fraction of sp³-hybridized carbons (Fsp3) is 0.429. The van der Waals surface area contributed by atoms with Crippen molar-refractivity contribution in [3.05, 3.63) is 69.8 Å². The van der Waals surface area contributed by atoms with E-state index in [1.54, 1.807) is 18.2 Å². The molecule has 7 heteroatoms. The molecule has 4 fully saturated rings. The lowest BCUT2D eigenvalue weighted by Crippen LogP contribution is -2.51. The van der Waals surface area contributed by atoms with Crippen molar-refractivity contribution in [2.45, 2.75) is 45.1 Å². The van der Waals surface area contributed by atoms with Gasteiger partial charge < -0.3 is 10.3 Å². The molecule has 3 aromatic rings. The van der Waals surface area contributed by atoms with E-state index in [0.29, 0.717) is 28.7 Å². The summed E-state index contributed by atoms with van der Waals surface area (Å²) in [4.78, 5) is 24.6. The van der Waals surface area contributed by atoms with Gasteiger partial charge in [0.25, 0.3) is 5.91 Å². The third kappa shape index (κ3) is 4.19. The molecule has 0 unspecified atom stereocenters. The third-order valence-electron chi connectivity index (χ3n) is 8.56. The molecule has 1 heterocycles. The van der Waals surface area contributed by atoms with Crippen molar-refractivity contribution < 1.29 is 14.8 Å². The van der Waals surface area contributed by atoms with Gasteiger partial charge in [-0.3, -0.25) is 14.8 Å². The van der Waals surface area contributed by atoms with E-state index < -0.39 is 5.91 Å². The Labute approximate surface area is 213 Å². The fourth-order valence-corrected chi connectivity index (χ4v) is 8.13. The van der Waals surface area contributed by atoms with Crippen LogP contribution in [0, 0.1) is 23.2 Å². The normalized spacial score (nSPS) is 26.9. The zero-order valence-corrected chi connectivity index (χ0v) is 21.2. The molecule has 7 rings (SSSR count). The number of hydrogen-bond donors (Lipinski definition) is 2. The molecule has 0 spiro atoms. The van der Waals surface area contributed by atoms with Gasteiger partial charge in [-0.1, -0.05) is 6.07 Å². The van der Waals surface area contributed by atoms with Crippen LogP contribution in [-0.2, 0) is 6.54 Å². The number of nitrogens with zero attached hydrogens (tertiary/aromatic N) is 2. The highest BCUT2D eigenvalue weighted by Crippen LogP contribution is 2.60. The number of carbonyl (C=O) groups is 2. The van der Waals surface area contributed by atoms with E-state index >= 15 is 0 Å². The Balaban J connectivity index is 1.17. The summed E-state index contributed by atoms with van der Waals surface area (Å²) >= 11 is 3.57. The van der Waals surface area contributed by atoms with Crippen LogP contribution in [-0.4, -0.2) is 33.2 Å². The molecule has 2 amide bonds. The number of carbonyl (C=O) groups excluding carboxylic acids is 2. The Morgan fingerprint density at radius 3 is 2.34 bits per heavy atom. The van der Waals surface area contributed by atoms with Crippen LogP contribution in [0.1, 0.15) is 64.8 Å². The van der Waals surface area contributed by atoms with Gasteiger partial charge in [-0.15, -0.1) is 0 Å². The second-order valence-corrected chi connectivity index (χ2v) is 12.0. The fourth-order valence-electron chi connectivity index (χ4n) is 7.53. The van der Waals surface area contributed by atoms with E-state index in [0.717, 1.165) is 58.5 Å². The van der Waals surface area contributed by atoms with Crippen LogP contribution in [0.25, 0.3) is 10.9 Å². The first-order chi connectivity index (χ1) is 16.8. The van der Waals surface area contributed by atoms with Gasteiger partial charge in [-0.05, 0) is 120 Å². The van der Waals surface area contributed by atoms with Gasteiger partial charge in [-0.2, -0.15) is 0 Å². The Kier molecular flexibility index (Phi) is 5.53. The summed E-state index contributed by atoms with van der Waals surface area (Å²) in [6, 6.07) is 13.1. The molecule has 182 valence electrons. The first-order valence-corrected chi connectivity index (χ1v) is 13.3. The van der Waals surface area contributed by atoms with Gasteiger partial charge in [0, 0.05) is 33.7 Å².